The van der Waals surface area contributed by atoms with Gasteiger partial charge in [0.1, 0.15) is 0 Å². The predicted octanol–water partition coefficient (Wildman–Crippen LogP) is 2.24. The molecule has 0 saturated carbocycles. The SMILES string of the molecule is O[C@H]1CCCN(CCSc2ccccc2)C1. The van der Waals surface area contributed by atoms with Crippen LogP contribution in [-0.2, 0) is 0 Å². The van der Waals surface area contributed by atoms with E-state index in [0.717, 1.165) is 38.2 Å². The molecule has 2 rings (SSSR count). The van der Waals surface area contributed by atoms with Crippen molar-refractivity contribution in [3.05, 3.63) is 30.3 Å². The maximum atomic E-state index is 9.55. The Hall–Kier alpha value is -0.510. The summed E-state index contributed by atoms with van der Waals surface area (Å²) in [4.78, 5) is 3.70. The van der Waals surface area contributed by atoms with Crippen molar-refractivity contribution in [2.75, 3.05) is 25.4 Å². The lowest BCUT2D eigenvalue weighted by molar-refractivity contribution is 0.0743. The zero-order chi connectivity index (χ0) is 11.2. The van der Waals surface area contributed by atoms with Gasteiger partial charge in [0, 0.05) is 23.7 Å². The molecule has 2 nitrogen and oxygen atoms in total. The van der Waals surface area contributed by atoms with Crippen molar-refractivity contribution >= 4 is 11.8 Å². The highest BCUT2D eigenvalue weighted by atomic mass is 32.2. The lowest BCUT2D eigenvalue weighted by atomic mass is 10.1. The van der Waals surface area contributed by atoms with E-state index in [1.807, 2.05) is 17.8 Å². The molecule has 0 aromatic heterocycles. The summed E-state index contributed by atoms with van der Waals surface area (Å²) in [7, 11) is 0. The van der Waals surface area contributed by atoms with E-state index < -0.39 is 0 Å². The van der Waals surface area contributed by atoms with E-state index in [0.29, 0.717) is 0 Å². The van der Waals surface area contributed by atoms with Gasteiger partial charge in [0.05, 0.1) is 6.10 Å². The highest BCUT2D eigenvalue weighted by Crippen LogP contribution is 2.18. The number of aliphatic hydroxyl groups is 1. The number of rotatable bonds is 4. The molecule has 0 unspecified atom stereocenters. The summed E-state index contributed by atoms with van der Waals surface area (Å²) in [5.74, 6) is 1.11. The number of benzene rings is 1. The fourth-order valence-electron chi connectivity index (χ4n) is 2.04. The van der Waals surface area contributed by atoms with Crippen LogP contribution >= 0.6 is 11.8 Å². The summed E-state index contributed by atoms with van der Waals surface area (Å²) >= 11 is 1.89. The Morgan fingerprint density at radius 3 is 2.88 bits per heavy atom. The summed E-state index contributed by atoms with van der Waals surface area (Å²) in [5, 5.41) is 9.55. The summed E-state index contributed by atoms with van der Waals surface area (Å²) in [6, 6.07) is 10.5. The molecule has 1 N–H and O–H groups in total. The minimum Gasteiger partial charge on any atom is -0.392 e. The van der Waals surface area contributed by atoms with Gasteiger partial charge in [0.15, 0.2) is 0 Å². The Morgan fingerprint density at radius 2 is 2.12 bits per heavy atom. The third-order valence-corrected chi connectivity index (χ3v) is 3.89. The summed E-state index contributed by atoms with van der Waals surface area (Å²) in [6.45, 7) is 3.08. The topological polar surface area (TPSA) is 23.5 Å². The first kappa shape index (κ1) is 12.0. The molecule has 0 bridgehead atoms. The molecule has 1 heterocycles. The second kappa shape index (κ2) is 6.28. The highest BCUT2D eigenvalue weighted by Gasteiger charge is 2.16. The first-order valence-electron chi connectivity index (χ1n) is 5.93. The molecule has 1 atom stereocenters. The van der Waals surface area contributed by atoms with E-state index in [4.69, 9.17) is 0 Å². The Kier molecular flexibility index (Phi) is 4.69. The lowest BCUT2D eigenvalue weighted by Gasteiger charge is -2.29. The second-order valence-corrected chi connectivity index (χ2v) is 5.43. The average molecular weight is 237 g/mol. The minimum atomic E-state index is -0.101. The van der Waals surface area contributed by atoms with Crippen LogP contribution in [0.4, 0.5) is 0 Å². The van der Waals surface area contributed by atoms with Gasteiger partial charge in [-0.1, -0.05) is 18.2 Å². The zero-order valence-electron chi connectivity index (χ0n) is 9.51. The van der Waals surface area contributed by atoms with E-state index in [9.17, 15) is 5.11 Å². The van der Waals surface area contributed by atoms with Gasteiger partial charge in [-0.15, -0.1) is 11.8 Å². The number of hydrogen-bond donors (Lipinski definition) is 1. The first-order chi connectivity index (χ1) is 7.84. The first-order valence-corrected chi connectivity index (χ1v) is 6.91. The van der Waals surface area contributed by atoms with Crippen LogP contribution in [0.15, 0.2) is 35.2 Å². The Labute approximate surface area is 102 Å². The molecule has 1 aromatic carbocycles. The average Bonchev–Trinajstić information content (AvgIpc) is 2.30. The molecule has 1 aromatic rings. The van der Waals surface area contributed by atoms with Crippen LogP contribution < -0.4 is 0 Å². The van der Waals surface area contributed by atoms with Crippen LogP contribution in [-0.4, -0.2) is 41.5 Å². The zero-order valence-corrected chi connectivity index (χ0v) is 10.3. The molecule has 1 fully saturated rings. The van der Waals surface area contributed by atoms with Gasteiger partial charge in [-0.25, -0.2) is 0 Å². The monoisotopic (exact) mass is 237 g/mol. The Morgan fingerprint density at radius 1 is 1.31 bits per heavy atom. The summed E-state index contributed by atoms with van der Waals surface area (Å²) < 4.78 is 0. The predicted molar refractivity (Wildman–Crippen MR) is 68.8 cm³/mol. The molecule has 88 valence electrons. The van der Waals surface area contributed by atoms with E-state index in [2.05, 4.69) is 29.2 Å². The number of β-amino-alcohol motifs (C(OH)–C–C–N with tert-alkyl or cyclic N) is 1. The van der Waals surface area contributed by atoms with Gasteiger partial charge < -0.3 is 5.11 Å². The second-order valence-electron chi connectivity index (χ2n) is 4.26. The molecule has 0 radical (unpaired) electrons. The summed E-state index contributed by atoms with van der Waals surface area (Å²) in [5.41, 5.74) is 0. The fourth-order valence-corrected chi connectivity index (χ4v) is 2.98. The van der Waals surface area contributed by atoms with Crippen molar-refractivity contribution in [3.8, 4) is 0 Å². The van der Waals surface area contributed by atoms with Crippen molar-refractivity contribution in [3.63, 3.8) is 0 Å². The molecule has 1 aliphatic heterocycles. The van der Waals surface area contributed by atoms with Crippen molar-refractivity contribution < 1.29 is 5.11 Å². The van der Waals surface area contributed by atoms with Gasteiger partial charge in [-0.05, 0) is 31.5 Å². The number of piperidine rings is 1. The van der Waals surface area contributed by atoms with E-state index in [1.165, 1.54) is 4.90 Å². The number of nitrogens with zero attached hydrogens (tertiary/aromatic N) is 1. The van der Waals surface area contributed by atoms with Crippen LogP contribution in [0.1, 0.15) is 12.8 Å². The van der Waals surface area contributed by atoms with Crippen LogP contribution in [0.5, 0.6) is 0 Å². The van der Waals surface area contributed by atoms with E-state index >= 15 is 0 Å². The van der Waals surface area contributed by atoms with Crippen molar-refractivity contribution in [1.29, 1.82) is 0 Å². The minimum absolute atomic E-state index is 0.101. The molecule has 3 heteroatoms. The Bertz CT molecular complexity index is 304. The molecule has 1 aliphatic rings. The van der Waals surface area contributed by atoms with Crippen molar-refractivity contribution in [2.45, 2.75) is 23.8 Å². The molecule has 1 saturated heterocycles. The van der Waals surface area contributed by atoms with Gasteiger partial charge in [-0.2, -0.15) is 0 Å². The van der Waals surface area contributed by atoms with Gasteiger partial charge >= 0.3 is 0 Å². The molecule has 16 heavy (non-hydrogen) atoms. The van der Waals surface area contributed by atoms with Crippen LogP contribution in [0.3, 0.4) is 0 Å². The number of thioether (sulfide) groups is 1. The van der Waals surface area contributed by atoms with Crippen molar-refractivity contribution in [2.24, 2.45) is 0 Å². The molecule has 0 spiro atoms. The van der Waals surface area contributed by atoms with Crippen LogP contribution in [0, 0.1) is 0 Å². The maximum Gasteiger partial charge on any atom is 0.0667 e. The normalized spacial score (nSPS) is 22.2. The molecule has 0 aliphatic carbocycles. The Balaban J connectivity index is 1.68. The van der Waals surface area contributed by atoms with Crippen molar-refractivity contribution in [1.82, 2.24) is 4.90 Å². The number of likely N-dealkylation sites (tertiary alicyclic amines) is 1. The third kappa shape index (κ3) is 3.81. The fraction of sp³-hybridized carbons (Fsp3) is 0.538. The molecular weight excluding hydrogens is 218 g/mol. The van der Waals surface area contributed by atoms with Crippen LogP contribution in [0.25, 0.3) is 0 Å². The molecule has 0 amide bonds. The highest BCUT2D eigenvalue weighted by molar-refractivity contribution is 7.99. The maximum absolute atomic E-state index is 9.55. The van der Waals surface area contributed by atoms with Gasteiger partial charge in [0.25, 0.3) is 0 Å². The van der Waals surface area contributed by atoms with Crippen LogP contribution in [0.2, 0.25) is 0 Å². The third-order valence-electron chi connectivity index (χ3n) is 2.90. The standard InChI is InChI=1S/C13H19NOS/c15-12-5-4-8-14(11-12)9-10-16-13-6-2-1-3-7-13/h1-3,6-7,12,15H,4-5,8-11H2/t12-/m0/s1. The smallest absolute Gasteiger partial charge is 0.0667 e. The van der Waals surface area contributed by atoms with E-state index in [-0.39, 0.29) is 6.10 Å². The quantitative estimate of drug-likeness (QED) is 0.812. The largest absolute Gasteiger partial charge is 0.392 e. The van der Waals surface area contributed by atoms with Gasteiger partial charge in [0.2, 0.25) is 0 Å². The number of aliphatic hydroxyl groups excluding tert-OH is 1. The lowest BCUT2D eigenvalue weighted by Crippen LogP contribution is -2.39. The molecular formula is C13H19NOS. The summed E-state index contributed by atoms with van der Waals surface area (Å²) in [6.07, 6.45) is 2.01. The van der Waals surface area contributed by atoms with Gasteiger partial charge in [-0.3, -0.25) is 4.90 Å². The van der Waals surface area contributed by atoms with E-state index in [1.54, 1.807) is 0 Å². The number of hydrogen-bond acceptors (Lipinski definition) is 3.